The fourth-order valence-electron chi connectivity index (χ4n) is 3.00. The summed E-state index contributed by atoms with van der Waals surface area (Å²) in [5, 5.41) is 9.84. The number of nitrogens with zero attached hydrogens (tertiary/aromatic N) is 1. The van der Waals surface area contributed by atoms with Crippen LogP contribution in [0.3, 0.4) is 0 Å². The minimum Gasteiger partial charge on any atom is -0.493 e. The van der Waals surface area contributed by atoms with Crippen molar-refractivity contribution < 1.29 is 24.1 Å². The molecule has 1 aliphatic rings. The minimum absolute atomic E-state index is 0.0761. The summed E-state index contributed by atoms with van der Waals surface area (Å²) in [6.07, 6.45) is 0.117. The van der Waals surface area contributed by atoms with Gasteiger partial charge in [-0.25, -0.2) is 0 Å². The molecule has 1 amide bonds. The van der Waals surface area contributed by atoms with E-state index >= 15 is 0 Å². The van der Waals surface area contributed by atoms with Crippen molar-refractivity contribution in [1.29, 1.82) is 0 Å². The number of amides is 1. The first-order valence-electron chi connectivity index (χ1n) is 9.35. The highest BCUT2D eigenvalue weighted by atomic mass is 16.5. The Labute approximate surface area is 165 Å². The summed E-state index contributed by atoms with van der Waals surface area (Å²) in [5.41, 5.74) is 0.924. The Bertz CT molecular complexity index is 826. The Morgan fingerprint density at radius 2 is 1.86 bits per heavy atom. The summed E-state index contributed by atoms with van der Waals surface area (Å²) in [6, 6.07) is 13.0. The van der Waals surface area contributed by atoms with Gasteiger partial charge in [-0.05, 0) is 45.0 Å². The zero-order valence-electron chi connectivity index (χ0n) is 16.8. The van der Waals surface area contributed by atoms with Crippen molar-refractivity contribution in [3.8, 4) is 17.2 Å². The highest BCUT2D eigenvalue weighted by molar-refractivity contribution is 5.99. The van der Waals surface area contributed by atoms with E-state index in [0.29, 0.717) is 30.2 Å². The average Bonchev–Trinajstić information content (AvgIpc) is 3.01. The number of carbonyl (C=O) groups excluding carboxylic acids is 1. The van der Waals surface area contributed by atoms with Gasteiger partial charge in [-0.15, -0.1) is 0 Å². The smallest absolute Gasteiger partial charge is 0.268 e. The summed E-state index contributed by atoms with van der Waals surface area (Å²) >= 11 is 0. The van der Waals surface area contributed by atoms with Crippen LogP contribution in [0.25, 0.3) is 0 Å². The predicted octanol–water partition coefficient (Wildman–Crippen LogP) is 3.34. The lowest BCUT2D eigenvalue weighted by molar-refractivity contribution is -0.122. The Kier molecular flexibility index (Phi) is 5.79. The van der Waals surface area contributed by atoms with Crippen molar-refractivity contribution in [1.82, 2.24) is 0 Å². The predicted molar refractivity (Wildman–Crippen MR) is 107 cm³/mol. The van der Waals surface area contributed by atoms with Crippen LogP contribution < -0.4 is 19.1 Å². The normalized spacial score (nSPS) is 17.0. The molecule has 0 radical (unpaired) electrons. The van der Waals surface area contributed by atoms with Gasteiger partial charge in [0.25, 0.3) is 5.91 Å². The third-order valence-corrected chi connectivity index (χ3v) is 4.50. The van der Waals surface area contributed by atoms with Crippen molar-refractivity contribution >= 4 is 11.6 Å². The minimum atomic E-state index is -0.949. The molecule has 1 heterocycles. The molecule has 1 fully saturated rings. The Morgan fingerprint density at radius 1 is 1.14 bits per heavy atom. The quantitative estimate of drug-likeness (QED) is 0.792. The Balaban J connectivity index is 1.71. The number of aryl methyl sites for hydroxylation is 1. The standard InChI is InChI=1S/C22H27NO5/c1-15-5-8-17(9-6-15)28-19-11-12-23(21(19)24)16-7-10-18(20(13-16)26-4)27-14-22(2,3)25/h5-10,13,19,25H,11-12,14H2,1-4H3. The molecule has 2 aromatic carbocycles. The van der Waals surface area contributed by atoms with Crippen LogP contribution in [-0.4, -0.2) is 43.0 Å². The average molecular weight is 385 g/mol. The monoisotopic (exact) mass is 385 g/mol. The zero-order chi connectivity index (χ0) is 20.3. The van der Waals surface area contributed by atoms with E-state index in [4.69, 9.17) is 14.2 Å². The fraction of sp³-hybridized carbons (Fsp3) is 0.409. The molecule has 6 nitrogen and oxygen atoms in total. The van der Waals surface area contributed by atoms with Crippen molar-refractivity contribution in [2.45, 2.75) is 38.9 Å². The molecule has 0 aliphatic carbocycles. The number of ether oxygens (including phenoxy) is 3. The maximum Gasteiger partial charge on any atom is 0.268 e. The molecule has 3 rings (SSSR count). The third kappa shape index (κ3) is 4.75. The first kappa shape index (κ1) is 20.0. The van der Waals surface area contributed by atoms with Gasteiger partial charge in [0.1, 0.15) is 12.4 Å². The van der Waals surface area contributed by atoms with Gasteiger partial charge in [0, 0.05) is 24.7 Å². The number of rotatable bonds is 7. The van der Waals surface area contributed by atoms with Crippen molar-refractivity contribution in [3.63, 3.8) is 0 Å². The van der Waals surface area contributed by atoms with E-state index in [1.54, 1.807) is 38.0 Å². The SMILES string of the molecule is COc1cc(N2CCC(Oc3ccc(C)cc3)C2=O)ccc1OCC(C)(C)O. The largest absolute Gasteiger partial charge is 0.493 e. The molecular weight excluding hydrogens is 358 g/mol. The van der Waals surface area contributed by atoms with E-state index in [2.05, 4.69) is 0 Å². The van der Waals surface area contributed by atoms with Gasteiger partial charge in [0.2, 0.25) is 0 Å². The van der Waals surface area contributed by atoms with Gasteiger partial charge in [-0.2, -0.15) is 0 Å². The second-order valence-corrected chi connectivity index (χ2v) is 7.63. The van der Waals surface area contributed by atoms with E-state index in [-0.39, 0.29) is 12.5 Å². The van der Waals surface area contributed by atoms with Gasteiger partial charge in [-0.1, -0.05) is 17.7 Å². The lowest BCUT2D eigenvalue weighted by atomic mass is 10.2. The highest BCUT2D eigenvalue weighted by Gasteiger charge is 2.34. The van der Waals surface area contributed by atoms with Gasteiger partial charge in [0.05, 0.1) is 12.7 Å². The molecule has 6 heteroatoms. The molecule has 1 atom stereocenters. The number of benzene rings is 2. The van der Waals surface area contributed by atoms with Crippen LogP contribution in [0.1, 0.15) is 25.8 Å². The van der Waals surface area contributed by atoms with Crippen LogP contribution in [-0.2, 0) is 4.79 Å². The number of methoxy groups -OCH3 is 1. The molecule has 2 aromatic rings. The van der Waals surface area contributed by atoms with Crippen molar-refractivity contribution in [3.05, 3.63) is 48.0 Å². The molecule has 150 valence electrons. The number of hydrogen-bond donors (Lipinski definition) is 1. The second-order valence-electron chi connectivity index (χ2n) is 7.63. The molecule has 1 N–H and O–H groups in total. The Morgan fingerprint density at radius 3 is 2.50 bits per heavy atom. The van der Waals surface area contributed by atoms with Crippen LogP contribution >= 0.6 is 0 Å². The molecule has 1 unspecified atom stereocenters. The summed E-state index contributed by atoms with van der Waals surface area (Å²) in [5.74, 6) is 1.65. The van der Waals surface area contributed by atoms with E-state index in [1.165, 1.54) is 0 Å². The number of carbonyl (C=O) groups is 1. The summed E-state index contributed by atoms with van der Waals surface area (Å²) < 4.78 is 16.9. The van der Waals surface area contributed by atoms with E-state index in [9.17, 15) is 9.90 Å². The fourth-order valence-corrected chi connectivity index (χ4v) is 3.00. The lowest BCUT2D eigenvalue weighted by Crippen LogP contribution is -2.32. The van der Waals surface area contributed by atoms with Crippen LogP contribution in [0, 0.1) is 6.92 Å². The second kappa shape index (κ2) is 8.10. The van der Waals surface area contributed by atoms with E-state index in [1.807, 2.05) is 37.3 Å². The van der Waals surface area contributed by atoms with Crippen LogP contribution in [0.2, 0.25) is 0 Å². The summed E-state index contributed by atoms with van der Waals surface area (Å²) in [6.45, 7) is 6.06. The molecule has 0 spiro atoms. The van der Waals surface area contributed by atoms with Crippen molar-refractivity contribution in [2.24, 2.45) is 0 Å². The van der Waals surface area contributed by atoms with Crippen LogP contribution in [0.15, 0.2) is 42.5 Å². The van der Waals surface area contributed by atoms with Crippen LogP contribution in [0.4, 0.5) is 5.69 Å². The number of aliphatic hydroxyl groups is 1. The molecule has 1 saturated heterocycles. The third-order valence-electron chi connectivity index (χ3n) is 4.50. The van der Waals surface area contributed by atoms with Gasteiger partial charge in [0.15, 0.2) is 17.6 Å². The van der Waals surface area contributed by atoms with Gasteiger partial charge in [-0.3, -0.25) is 4.79 Å². The molecule has 0 bridgehead atoms. The molecular formula is C22H27NO5. The highest BCUT2D eigenvalue weighted by Crippen LogP contribution is 2.34. The number of hydrogen-bond acceptors (Lipinski definition) is 5. The molecule has 1 aliphatic heterocycles. The maximum atomic E-state index is 12.8. The molecule has 28 heavy (non-hydrogen) atoms. The van der Waals surface area contributed by atoms with Crippen molar-refractivity contribution in [2.75, 3.05) is 25.2 Å². The first-order valence-corrected chi connectivity index (χ1v) is 9.35. The maximum absolute atomic E-state index is 12.8. The topological polar surface area (TPSA) is 68.2 Å². The first-order chi connectivity index (χ1) is 13.3. The van der Waals surface area contributed by atoms with Crippen LogP contribution in [0.5, 0.6) is 17.2 Å². The van der Waals surface area contributed by atoms with E-state index in [0.717, 1.165) is 11.3 Å². The molecule has 0 saturated carbocycles. The summed E-state index contributed by atoms with van der Waals surface area (Å²) in [4.78, 5) is 14.5. The van der Waals surface area contributed by atoms with Gasteiger partial charge >= 0.3 is 0 Å². The summed E-state index contributed by atoms with van der Waals surface area (Å²) in [7, 11) is 1.55. The molecule has 0 aromatic heterocycles. The van der Waals surface area contributed by atoms with E-state index < -0.39 is 11.7 Å². The lowest BCUT2D eigenvalue weighted by Gasteiger charge is -2.21. The zero-order valence-corrected chi connectivity index (χ0v) is 16.8. The van der Waals surface area contributed by atoms with Gasteiger partial charge < -0.3 is 24.2 Å². The Hall–Kier alpha value is -2.73. The number of anilines is 1.